The molecular weight excluding hydrogens is 448 g/mol. The van der Waals surface area contributed by atoms with Crippen LogP contribution in [0, 0.1) is 0 Å². The Kier molecular flexibility index (Phi) is 21.7. The van der Waals surface area contributed by atoms with Gasteiger partial charge in [-0.05, 0) is 57.4 Å². The van der Waals surface area contributed by atoms with Gasteiger partial charge in [-0.25, -0.2) is 4.79 Å². The predicted octanol–water partition coefficient (Wildman–Crippen LogP) is 9.19. The molecule has 0 aromatic heterocycles. The van der Waals surface area contributed by atoms with E-state index < -0.39 is 6.10 Å². The van der Waals surface area contributed by atoms with Crippen molar-refractivity contribution in [1.29, 1.82) is 0 Å². The fourth-order valence-electron chi connectivity index (χ4n) is 4.40. The van der Waals surface area contributed by atoms with Crippen molar-refractivity contribution in [2.24, 2.45) is 0 Å². The molecule has 0 saturated carbocycles. The van der Waals surface area contributed by atoms with Gasteiger partial charge in [0, 0.05) is 13.2 Å². The number of carbonyl (C=O) groups is 1. The zero-order valence-corrected chi connectivity index (χ0v) is 23.8. The molecule has 0 aliphatic heterocycles. The molecule has 0 aliphatic rings. The monoisotopic (exact) mass is 504 g/mol. The molecule has 0 aliphatic carbocycles. The van der Waals surface area contributed by atoms with Crippen LogP contribution in [0.4, 0.5) is 0 Å². The van der Waals surface area contributed by atoms with Crippen LogP contribution in [0.2, 0.25) is 0 Å². The van der Waals surface area contributed by atoms with E-state index in [4.69, 9.17) is 14.2 Å². The fourth-order valence-corrected chi connectivity index (χ4v) is 4.40. The normalized spacial score (nSPS) is 12.2. The lowest BCUT2D eigenvalue weighted by atomic mass is 10.0. The van der Waals surface area contributed by atoms with Crippen molar-refractivity contribution in [3.05, 3.63) is 35.9 Å². The molecule has 0 amide bonds. The molecule has 1 rings (SSSR count). The van der Waals surface area contributed by atoms with Crippen LogP contribution >= 0.6 is 0 Å². The van der Waals surface area contributed by atoms with Crippen molar-refractivity contribution in [3.8, 4) is 0 Å². The summed E-state index contributed by atoms with van der Waals surface area (Å²) in [6, 6.07) is 10.3. The summed E-state index contributed by atoms with van der Waals surface area (Å²) in [5.41, 5.74) is 1.21. The third-order valence-electron chi connectivity index (χ3n) is 6.79. The SMILES string of the molecule is CCCCCCCCC(CCCCCCCC)OC(=O)[C@H](C)OCCCCCOCc1ccccc1. The highest BCUT2D eigenvalue weighted by molar-refractivity contribution is 5.74. The maximum absolute atomic E-state index is 12.7. The van der Waals surface area contributed by atoms with Crippen LogP contribution in [0.25, 0.3) is 0 Å². The molecule has 0 unspecified atom stereocenters. The fraction of sp³-hybridized carbons (Fsp3) is 0.781. The van der Waals surface area contributed by atoms with Crippen LogP contribution in [-0.4, -0.2) is 31.4 Å². The van der Waals surface area contributed by atoms with E-state index in [1.807, 2.05) is 25.1 Å². The van der Waals surface area contributed by atoms with Crippen molar-refractivity contribution < 1.29 is 19.0 Å². The van der Waals surface area contributed by atoms with Crippen molar-refractivity contribution in [2.75, 3.05) is 13.2 Å². The maximum Gasteiger partial charge on any atom is 0.335 e. The van der Waals surface area contributed by atoms with Crippen molar-refractivity contribution in [1.82, 2.24) is 0 Å². The van der Waals surface area contributed by atoms with Gasteiger partial charge in [0.05, 0.1) is 6.61 Å². The zero-order chi connectivity index (χ0) is 26.1. The number of esters is 1. The number of ether oxygens (including phenoxy) is 3. The molecule has 1 aromatic rings. The zero-order valence-electron chi connectivity index (χ0n) is 23.8. The molecule has 0 spiro atoms. The minimum atomic E-state index is -0.490. The number of rotatable bonds is 25. The van der Waals surface area contributed by atoms with E-state index in [9.17, 15) is 4.79 Å². The number of carbonyl (C=O) groups excluding carboxylic acids is 1. The van der Waals surface area contributed by atoms with Gasteiger partial charge in [0.15, 0.2) is 6.10 Å². The van der Waals surface area contributed by atoms with Crippen LogP contribution in [0.5, 0.6) is 0 Å². The molecule has 4 nitrogen and oxygen atoms in total. The van der Waals surface area contributed by atoms with Crippen LogP contribution < -0.4 is 0 Å². The van der Waals surface area contributed by atoms with E-state index in [1.54, 1.807) is 0 Å². The topological polar surface area (TPSA) is 44.8 Å². The minimum Gasteiger partial charge on any atom is -0.460 e. The molecule has 1 aromatic carbocycles. The van der Waals surface area contributed by atoms with Crippen molar-refractivity contribution in [2.45, 2.75) is 149 Å². The van der Waals surface area contributed by atoms with Gasteiger partial charge in [0.2, 0.25) is 0 Å². The Labute approximate surface area is 222 Å². The number of benzene rings is 1. The molecule has 0 N–H and O–H groups in total. The summed E-state index contributed by atoms with van der Waals surface area (Å²) in [6.45, 7) is 8.35. The standard InChI is InChI=1S/C32H56O4/c1-4-6-8-10-12-18-24-31(25-19-13-11-9-7-5-2)36-32(33)29(3)35-27-21-15-20-26-34-28-30-22-16-14-17-23-30/h14,16-17,22-23,29,31H,4-13,15,18-21,24-28H2,1-3H3/t29-/m0/s1. The van der Waals surface area contributed by atoms with E-state index in [1.165, 1.54) is 69.8 Å². The lowest BCUT2D eigenvalue weighted by Crippen LogP contribution is -2.28. The quantitative estimate of drug-likeness (QED) is 0.0983. The second-order valence-electron chi connectivity index (χ2n) is 10.3. The number of unbranched alkanes of at least 4 members (excludes halogenated alkanes) is 12. The molecule has 0 radical (unpaired) electrons. The average Bonchev–Trinajstić information content (AvgIpc) is 2.89. The third-order valence-corrected chi connectivity index (χ3v) is 6.79. The summed E-state index contributed by atoms with van der Waals surface area (Å²) in [5, 5.41) is 0. The lowest BCUT2D eigenvalue weighted by Gasteiger charge is -2.21. The van der Waals surface area contributed by atoms with Crippen molar-refractivity contribution >= 4 is 5.97 Å². The Morgan fingerprint density at radius 3 is 1.83 bits per heavy atom. The third kappa shape index (κ3) is 18.8. The lowest BCUT2D eigenvalue weighted by molar-refractivity contribution is -0.162. The highest BCUT2D eigenvalue weighted by atomic mass is 16.6. The summed E-state index contributed by atoms with van der Waals surface area (Å²) in [6.07, 6.45) is 19.7. The van der Waals surface area contributed by atoms with Gasteiger partial charge in [-0.3, -0.25) is 0 Å². The van der Waals surface area contributed by atoms with Crippen LogP contribution in [-0.2, 0) is 25.6 Å². The van der Waals surface area contributed by atoms with Gasteiger partial charge in [0.1, 0.15) is 6.10 Å². The molecule has 0 heterocycles. The summed E-state index contributed by atoms with van der Waals surface area (Å²) in [5.74, 6) is -0.192. The predicted molar refractivity (Wildman–Crippen MR) is 151 cm³/mol. The molecule has 0 bridgehead atoms. The summed E-state index contributed by atoms with van der Waals surface area (Å²) >= 11 is 0. The Bertz CT molecular complexity index is 587. The first-order valence-corrected chi connectivity index (χ1v) is 15.1. The maximum atomic E-state index is 12.7. The van der Waals surface area contributed by atoms with Crippen LogP contribution in [0.15, 0.2) is 30.3 Å². The number of hydrogen-bond acceptors (Lipinski definition) is 4. The van der Waals surface area contributed by atoms with E-state index in [0.717, 1.165) is 51.6 Å². The van der Waals surface area contributed by atoms with E-state index >= 15 is 0 Å². The van der Waals surface area contributed by atoms with E-state index in [2.05, 4.69) is 26.0 Å². The van der Waals surface area contributed by atoms with Gasteiger partial charge in [-0.1, -0.05) is 108 Å². The smallest absolute Gasteiger partial charge is 0.335 e. The molecular formula is C32H56O4. The summed E-state index contributed by atoms with van der Waals surface area (Å²) in [4.78, 5) is 12.7. The average molecular weight is 505 g/mol. The van der Waals surface area contributed by atoms with Crippen LogP contribution in [0.1, 0.15) is 135 Å². The number of hydrogen-bond donors (Lipinski definition) is 0. The Morgan fingerprint density at radius 1 is 0.694 bits per heavy atom. The van der Waals surface area contributed by atoms with Gasteiger partial charge in [-0.2, -0.15) is 0 Å². The van der Waals surface area contributed by atoms with Gasteiger partial charge in [0.25, 0.3) is 0 Å². The van der Waals surface area contributed by atoms with Gasteiger partial charge < -0.3 is 14.2 Å². The molecule has 4 heteroatoms. The molecule has 36 heavy (non-hydrogen) atoms. The van der Waals surface area contributed by atoms with Gasteiger partial charge in [-0.15, -0.1) is 0 Å². The second kappa shape index (κ2) is 24.0. The summed E-state index contributed by atoms with van der Waals surface area (Å²) in [7, 11) is 0. The van der Waals surface area contributed by atoms with E-state index in [-0.39, 0.29) is 12.1 Å². The second-order valence-corrected chi connectivity index (χ2v) is 10.3. The first-order valence-electron chi connectivity index (χ1n) is 15.1. The van der Waals surface area contributed by atoms with Gasteiger partial charge >= 0.3 is 5.97 Å². The largest absolute Gasteiger partial charge is 0.460 e. The molecule has 208 valence electrons. The molecule has 0 saturated heterocycles. The van der Waals surface area contributed by atoms with E-state index in [0.29, 0.717) is 13.2 Å². The Hall–Kier alpha value is -1.39. The first kappa shape index (κ1) is 32.6. The highest BCUT2D eigenvalue weighted by Crippen LogP contribution is 2.18. The highest BCUT2D eigenvalue weighted by Gasteiger charge is 2.20. The van der Waals surface area contributed by atoms with Crippen LogP contribution in [0.3, 0.4) is 0 Å². The molecule has 1 atom stereocenters. The molecule has 0 fully saturated rings. The Morgan fingerprint density at radius 2 is 1.22 bits per heavy atom. The summed E-state index contributed by atoms with van der Waals surface area (Å²) < 4.78 is 17.5. The minimum absolute atomic E-state index is 0.0441. The van der Waals surface area contributed by atoms with Crippen molar-refractivity contribution in [3.63, 3.8) is 0 Å². The Balaban J connectivity index is 2.19. The first-order chi connectivity index (χ1) is 17.7.